The molecule has 0 spiro atoms. The van der Waals surface area contributed by atoms with Crippen molar-refractivity contribution in [2.24, 2.45) is 0 Å². The van der Waals surface area contributed by atoms with E-state index in [2.05, 4.69) is 291 Å². The standard InChI is InChI=1S/C69H54N2/c1-69(2)67-26-16-15-25-65(67)66-44-43-63(48-68(66)69)70(59-35-27-53(28-36-59)49-17-7-3-8-18-49)60-37-31-55(32-38-60)56-33-41-62(42-34-56)71(61-39-29-54(30-40-61)50-19-9-4-10-20-50)64-46-57(51-21-11-5-12-22-51)45-58(47-64)52-23-13-6-14-24-52/h3-27,29-35,37-48H,28,36H2,1-2H3. The van der Waals surface area contributed by atoms with Crippen molar-refractivity contribution in [2.45, 2.75) is 32.1 Å². The van der Waals surface area contributed by atoms with Crippen molar-refractivity contribution in [3.63, 3.8) is 0 Å². The van der Waals surface area contributed by atoms with E-state index in [9.17, 15) is 0 Å². The van der Waals surface area contributed by atoms with Crippen molar-refractivity contribution < 1.29 is 0 Å². The van der Waals surface area contributed by atoms with Gasteiger partial charge in [0.25, 0.3) is 0 Å². The minimum Gasteiger partial charge on any atom is -0.314 e. The fourth-order valence-electron chi connectivity index (χ4n) is 10.8. The molecule has 2 nitrogen and oxygen atoms in total. The summed E-state index contributed by atoms with van der Waals surface area (Å²) in [5.41, 5.74) is 24.4. The molecule has 0 fully saturated rings. The Kier molecular flexibility index (Phi) is 11.4. The van der Waals surface area contributed by atoms with E-state index in [1.165, 1.54) is 89.3 Å². The SMILES string of the molecule is CC1(C)c2ccccc2-c2ccc(N(C3=CC=C(c4ccccc4)CC3)c3ccc(-c4ccc(N(c5ccc(-c6ccccc6)cc5)c5cc(-c6ccccc6)cc(-c6ccccc6)c5)cc4)cc3)cc21. The number of hydrogen-bond donors (Lipinski definition) is 0. The van der Waals surface area contributed by atoms with Gasteiger partial charge >= 0.3 is 0 Å². The van der Waals surface area contributed by atoms with E-state index in [4.69, 9.17) is 0 Å². The van der Waals surface area contributed by atoms with Crippen LogP contribution in [0.3, 0.4) is 0 Å². The molecule has 71 heavy (non-hydrogen) atoms. The van der Waals surface area contributed by atoms with Gasteiger partial charge in [0.15, 0.2) is 0 Å². The summed E-state index contributed by atoms with van der Waals surface area (Å²) in [5, 5.41) is 0. The van der Waals surface area contributed by atoms with Crippen molar-refractivity contribution in [1.82, 2.24) is 0 Å². The first kappa shape index (κ1) is 43.6. The molecule has 10 aromatic carbocycles. The van der Waals surface area contributed by atoms with Gasteiger partial charge in [0.2, 0.25) is 0 Å². The highest BCUT2D eigenvalue weighted by atomic mass is 15.2. The first-order chi connectivity index (χ1) is 34.9. The number of rotatable bonds is 11. The summed E-state index contributed by atoms with van der Waals surface area (Å²) < 4.78 is 0. The van der Waals surface area contributed by atoms with Crippen LogP contribution in [0, 0.1) is 0 Å². The molecule has 12 rings (SSSR count). The van der Waals surface area contributed by atoms with E-state index in [1.54, 1.807) is 0 Å². The highest BCUT2D eigenvalue weighted by Crippen LogP contribution is 2.51. The van der Waals surface area contributed by atoms with Crippen LogP contribution in [0.1, 0.15) is 43.4 Å². The Morgan fingerprint density at radius 1 is 0.282 bits per heavy atom. The molecule has 0 aromatic heterocycles. The maximum Gasteiger partial charge on any atom is 0.0473 e. The van der Waals surface area contributed by atoms with Crippen molar-refractivity contribution >= 4 is 34.0 Å². The molecular formula is C69H54N2. The van der Waals surface area contributed by atoms with Crippen LogP contribution in [0.2, 0.25) is 0 Å². The quantitative estimate of drug-likeness (QED) is 0.128. The fourth-order valence-corrected chi connectivity index (χ4v) is 10.8. The molecule has 2 heteroatoms. The van der Waals surface area contributed by atoms with Crippen LogP contribution in [-0.4, -0.2) is 0 Å². The lowest BCUT2D eigenvalue weighted by molar-refractivity contribution is 0.660. The summed E-state index contributed by atoms with van der Waals surface area (Å²) in [7, 11) is 0. The molecule has 0 atom stereocenters. The van der Waals surface area contributed by atoms with Gasteiger partial charge in [-0.05, 0) is 164 Å². The molecular weight excluding hydrogens is 857 g/mol. The van der Waals surface area contributed by atoms with Gasteiger partial charge in [-0.3, -0.25) is 0 Å². The Hall–Kier alpha value is -8.72. The van der Waals surface area contributed by atoms with Gasteiger partial charge in [-0.1, -0.05) is 208 Å². The fraction of sp³-hybridized carbons (Fsp3) is 0.0725. The lowest BCUT2D eigenvalue weighted by Crippen LogP contribution is -2.20. The van der Waals surface area contributed by atoms with E-state index < -0.39 is 0 Å². The number of fused-ring (bicyclic) bond motifs is 3. The minimum absolute atomic E-state index is 0.0962. The lowest BCUT2D eigenvalue weighted by atomic mass is 9.82. The normalized spacial score (nSPS) is 13.4. The molecule has 0 radical (unpaired) electrons. The maximum atomic E-state index is 2.48. The van der Waals surface area contributed by atoms with Crippen LogP contribution in [0.5, 0.6) is 0 Å². The lowest BCUT2D eigenvalue weighted by Gasteiger charge is -2.31. The Labute approximate surface area is 418 Å². The summed E-state index contributed by atoms with van der Waals surface area (Å²) in [4.78, 5) is 4.88. The van der Waals surface area contributed by atoms with Crippen molar-refractivity contribution in [3.8, 4) is 55.6 Å². The zero-order valence-corrected chi connectivity index (χ0v) is 40.2. The van der Waals surface area contributed by atoms with Crippen molar-refractivity contribution in [3.05, 3.63) is 289 Å². The summed E-state index contributed by atoms with van der Waals surface area (Å²) in [6.07, 6.45) is 6.59. The second-order valence-electron chi connectivity index (χ2n) is 19.3. The molecule has 10 aromatic rings. The molecule has 0 N–H and O–H groups in total. The molecule has 2 aliphatic rings. The predicted molar refractivity (Wildman–Crippen MR) is 301 cm³/mol. The molecule has 2 aliphatic carbocycles. The van der Waals surface area contributed by atoms with Crippen LogP contribution in [0.4, 0.5) is 28.4 Å². The summed E-state index contributed by atoms with van der Waals surface area (Å²) in [6, 6.07) is 93.0. The Morgan fingerprint density at radius 2 is 0.690 bits per heavy atom. The van der Waals surface area contributed by atoms with Crippen LogP contribution in [0.25, 0.3) is 61.2 Å². The Bertz CT molecular complexity index is 3500. The third-order valence-corrected chi connectivity index (χ3v) is 14.6. The molecule has 0 aliphatic heterocycles. The van der Waals surface area contributed by atoms with Gasteiger partial charge in [0, 0.05) is 39.5 Å². The molecule has 0 unspecified atom stereocenters. The topological polar surface area (TPSA) is 6.48 Å². The van der Waals surface area contributed by atoms with E-state index in [0.29, 0.717) is 0 Å². The van der Waals surface area contributed by atoms with Gasteiger partial charge in [-0.25, -0.2) is 0 Å². The van der Waals surface area contributed by atoms with Crippen molar-refractivity contribution in [1.29, 1.82) is 0 Å². The first-order valence-electron chi connectivity index (χ1n) is 24.9. The van der Waals surface area contributed by atoms with Gasteiger partial charge in [-0.2, -0.15) is 0 Å². The van der Waals surface area contributed by atoms with E-state index in [0.717, 1.165) is 35.6 Å². The monoisotopic (exact) mass is 910 g/mol. The smallest absolute Gasteiger partial charge is 0.0473 e. The molecule has 0 heterocycles. The summed E-state index contributed by atoms with van der Waals surface area (Å²) in [5.74, 6) is 0. The molecule has 0 amide bonds. The maximum absolute atomic E-state index is 2.48. The molecule has 0 saturated heterocycles. The zero-order valence-electron chi connectivity index (χ0n) is 40.2. The van der Waals surface area contributed by atoms with Crippen LogP contribution in [-0.2, 0) is 5.41 Å². The Balaban J connectivity index is 0.914. The van der Waals surface area contributed by atoms with Gasteiger partial charge in [-0.15, -0.1) is 0 Å². The predicted octanol–water partition coefficient (Wildman–Crippen LogP) is 19.0. The van der Waals surface area contributed by atoms with Gasteiger partial charge < -0.3 is 9.80 Å². The highest BCUT2D eigenvalue weighted by Gasteiger charge is 2.36. The number of allylic oxidation sites excluding steroid dienone is 4. The number of hydrogen-bond acceptors (Lipinski definition) is 2. The number of anilines is 5. The number of benzene rings is 10. The average molecular weight is 911 g/mol. The third kappa shape index (κ3) is 8.49. The average Bonchev–Trinajstić information content (AvgIpc) is 3.67. The molecule has 340 valence electrons. The van der Waals surface area contributed by atoms with Gasteiger partial charge in [0.1, 0.15) is 0 Å². The minimum atomic E-state index is -0.0962. The van der Waals surface area contributed by atoms with E-state index in [1.807, 2.05) is 0 Å². The number of nitrogens with zero attached hydrogens (tertiary/aromatic N) is 2. The van der Waals surface area contributed by atoms with E-state index in [-0.39, 0.29) is 5.41 Å². The van der Waals surface area contributed by atoms with Crippen molar-refractivity contribution in [2.75, 3.05) is 9.80 Å². The van der Waals surface area contributed by atoms with Gasteiger partial charge in [0.05, 0.1) is 0 Å². The third-order valence-electron chi connectivity index (χ3n) is 14.6. The van der Waals surface area contributed by atoms with Crippen LogP contribution < -0.4 is 9.80 Å². The zero-order chi connectivity index (χ0) is 47.7. The molecule has 0 saturated carbocycles. The first-order valence-corrected chi connectivity index (χ1v) is 24.9. The highest BCUT2D eigenvalue weighted by molar-refractivity contribution is 5.88. The van der Waals surface area contributed by atoms with Crippen LogP contribution in [0.15, 0.2) is 273 Å². The second-order valence-corrected chi connectivity index (χ2v) is 19.3. The second kappa shape index (κ2) is 18.6. The molecule has 0 bridgehead atoms. The largest absolute Gasteiger partial charge is 0.314 e. The summed E-state index contributed by atoms with van der Waals surface area (Å²) in [6.45, 7) is 4.73. The van der Waals surface area contributed by atoms with Crippen LogP contribution >= 0.6 is 0 Å². The summed E-state index contributed by atoms with van der Waals surface area (Å²) >= 11 is 0. The van der Waals surface area contributed by atoms with E-state index >= 15 is 0 Å². The Morgan fingerprint density at radius 3 is 1.18 bits per heavy atom.